The summed E-state index contributed by atoms with van der Waals surface area (Å²) in [6, 6.07) is 7.40. The lowest BCUT2D eigenvalue weighted by molar-refractivity contribution is -0.176. The van der Waals surface area contributed by atoms with Gasteiger partial charge in [-0.15, -0.1) is 0 Å². The largest absolute Gasteiger partial charge is 0.464 e. The van der Waals surface area contributed by atoms with Crippen LogP contribution < -0.4 is 0 Å². The Kier molecular flexibility index (Phi) is 5.20. The molecule has 2 saturated heterocycles. The molecule has 3 rings (SSSR count). The van der Waals surface area contributed by atoms with Crippen LogP contribution in [0.15, 0.2) is 30.3 Å². The van der Waals surface area contributed by atoms with Gasteiger partial charge in [0.25, 0.3) is 5.91 Å². The molecule has 10 heteroatoms. The smallest absolute Gasteiger partial charge is 0.331 e. The van der Waals surface area contributed by atoms with Gasteiger partial charge < -0.3 is 19.1 Å². The van der Waals surface area contributed by atoms with Crippen molar-refractivity contribution in [1.29, 1.82) is 0 Å². The molecule has 1 amide bonds. The fourth-order valence-corrected chi connectivity index (χ4v) is 5.94. The monoisotopic (exact) mass is 411 g/mol. The van der Waals surface area contributed by atoms with E-state index >= 15 is 0 Å². The molecule has 2 heterocycles. The number of amides is 1. The third kappa shape index (κ3) is 2.96. The van der Waals surface area contributed by atoms with Crippen LogP contribution in [0.4, 0.5) is 0 Å². The number of benzene rings is 1. The van der Waals surface area contributed by atoms with E-state index < -0.39 is 56.6 Å². The van der Waals surface area contributed by atoms with Crippen molar-refractivity contribution in [3.63, 3.8) is 0 Å². The summed E-state index contributed by atoms with van der Waals surface area (Å²) in [5, 5.41) is -1.32. The van der Waals surface area contributed by atoms with Gasteiger partial charge in [0.05, 0.1) is 0 Å². The predicted octanol–water partition coefficient (Wildman–Crippen LogP) is 0.0319. The van der Waals surface area contributed by atoms with E-state index in [1.807, 2.05) is 0 Å². The van der Waals surface area contributed by atoms with E-state index in [-0.39, 0.29) is 6.61 Å². The normalized spacial score (nSPS) is 30.3. The lowest BCUT2D eigenvalue weighted by atomic mass is 9.96. The van der Waals surface area contributed by atoms with Crippen molar-refractivity contribution >= 4 is 27.7 Å². The molecular weight excluding hydrogens is 390 g/mol. The number of carbonyl (C=O) groups is 3. The maximum absolute atomic E-state index is 13.1. The van der Waals surface area contributed by atoms with Gasteiger partial charge in [0.2, 0.25) is 0 Å². The number of β-lactam (4-membered cyclic amide) rings is 1. The molecule has 152 valence electrons. The molecule has 0 spiro atoms. The fourth-order valence-electron chi connectivity index (χ4n) is 3.56. The highest BCUT2D eigenvalue weighted by atomic mass is 32.2. The van der Waals surface area contributed by atoms with Crippen LogP contribution in [0.5, 0.6) is 0 Å². The number of fused-ring (bicyclic) bond motifs is 1. The van der Waals surface area contributed by atoms with Crippen LogP contribution in [-0.4, -0.2) is 67.1 Å². The van der Waals surface area contributed by atoms with Crippen LogP contribution in [0.3, 0.4) is 0 Å². The average Bonchev–Trinajstić information content (AvgIpc) is 2.81. The maximum Gasteiger partial charge on any atom is 0.331 e. The van der Waals surface area contributed by atoms with Crippen molar-refractivity contribution in [2.75, 3.05) is 13.7 Å². The number of nitrogens with zero attached hydrogens (tertiary/aromatic N) is 1. The van der Waals surface area contributed by atoms with Gasteiger partial charge in [-0.3, -0.25) is 9.59 Å². The Morgan fingerprint density at radius 1 is 1.18 bits per heavy atom. The van der Waals surface area contributed by atoms with Gasteiger partial charge in [0, 0.05) is 14.0 Å². The van der Waals surface area contributed by atoms with Gasteiger partial charge in [-0.25, -0.2) is 13.2 Å². The van der Waals surface area contributed by atoms with E-state index in [9.17, 15) is 22.8 Å². The number of hydrogen-bond acceptors (Lipinski definition) is 8. The van der Waals surface area contributed by atoms with Crippen LogP contribution in [0.1, 0.15) is 19.4 Å². The highest BCUT2D eigenvalue weighted by molar-refractivity contribution is 7.94. The van der Waals surface area contributed by atoms with Gasteiger partial charge >= 0.3 is 11.9 Å². The average molecular weight is 411 g/mol. The van der Waals surface area contributed by atoms with E-state index in [0.29, 0.717) is 5.56 Å². The van der Waals surface area contributed by atoms with Crippen molar-refractivity contribution in [3.8, 4) is 0 Å². The molecule has 0 aromatic heterocycles. The topological polar surface area (TPSA) is 116 Å². The number of hydrogen-bond donors (Lipinski definition) is 0. The van der Waals surface area contributed by atoms with E-state index in [4.69, 9.17) is 14.2 Å². The summed E-state index contributed by atoms with van der Waals surface area (Å²) in [6.45, 7) is 1.75. The second-order valence-electron chi connectivity index (χ2n) is 6.93. The maximum atomic E-state index is 13.1. The molecule has 2 fully saturated rings. The molecule has 2 aliphatic rings. The minimum absolute atomic E-state index is 0.0831. The van der Waals surface area contributed by atoms with Gasteiger partial charge in [-0.2, -0.15) is 0 Å². The summed E-state index contributed by atoms with van der Waals surface area (Å²) in [5.41, 5.74) is 0.708. The predicted molar refractivity (Wildman–Crippen MR) is 95.4 cm³/mol. The Balaban J connectivity index is 1.92. The molecule has 1 aromatic rings. The fraction of sp³-hybridized carbons (Fsp3) is 0.500. The zero-order valence-corrected chi connectivity index (χ0v) is 16.5. The van der Waals surface area contributed by atoms with E-state index in [2.05, 4.69) is 0 Å². The van der Waals surface area contributed by atoms with Crippen LogP contribution in [-0.2, 0) is 45.0 Å². The van der Waals surface area contributed by atoms with Crippen LogP contribution in [0, 0.1) is 0 Å². The first-order valence-corrected chi connectivity index (χ1v) is 10.1. The lowest BCUT2D eigenvalue weighted by Gasteiger charge is -2.41. The number of methoxy groups -OCH3 is 1. The lowest BCUT2D eigenvalue weighted by Crippen LogP contribution is -2.67. The number of ether oxygens (including phenoxy) is 3. The summed E-state index contributed by atoms with van der Waals surface area (Å²) in [5.74, 6) is -2.20. The summed E-state index contributed by atoms with van der Waals surface area (Å²) >= 11 is 0. The summed E-state index contributed by atoms with van der Waals surface area (Å²) in [7, 11) is -2.87. The third-order valence-corrected chi connectivity index (χ3v) is 7.87. The molecular formula is C18H21NO8S. The highest BCUT2D eigenvalue weighted by Gasteiger charge is 2.74. The number of rotatable bonds is 6. The van der Waals surface area contributed by atoms with Gasteiger partial charge in [-0.1, -0.05) is 30.3 Å². The number of esters is 2. The van der Waals surface area contributed by atoms with Gasteiger partial charge in [0.15, 0.2) is 27.4 Å². The number of carbonyl (C=O) groups excluding carboxylic acids is 3. The minimum Gasteiger partial charge on any atom is -0.464 e. The Morgan fingerprint density at radius 3 is 2.39 bits per heavy atom. The molecule has 0 bridgehead atoms. The molecule has 0 unspecified atom stereocenters. The van der Waals surface area contributed by atoms with E-state index in [0.717, 1.165) is 11.8 Å². The second-order valence-corrected chi connectivity index (χ2v) is 9.43. The molecule has 0 aliphatic carbocycles. The summed E-state index contributed by atoms with van der Waals surface area (Å²) in [4.78, 5) is 37.5. The minimum atomic E-state index is -4.09. The van der Waals surface area contributed by atoms with E-state index in [1.54, 1.807) is 30.3 Å². The first-order chi connectivity index (χ1) is 13.1. The second kappa shape index (κ2) is 7.17. The van der Waals surface area contributed by atoms with Crippen LogP contribution >= 0.6 is 0 Å². The highest BCUT2D eigenvalue weighted by Crippen LogP contribution is 2.47. The molecule has 28 heavy (non-hydrogen) atoms. The Bertz CT molecular complexity index is 899. The molecule has 4 atom stereocenters. The Morgan fingerprint density at radius 2 is 1.82 bits per heavy atom. The van der Waals surface area contributed by atoms with Crippen molar-refractivity contribution < 1.29 is 37.0 Å². The van der Waals surface area contributed by atoms with Crippen molar-refractivity contribution in [2.24, 2.45) is 0 Å². The molecule has 0 N–H and O–H groups in total. The number of sulfone groups is 1. The molecule has 2 aliphatic heterocycles. The summed E-state index contributed by atoms with van der Waals surface area (Å²) < 4.78 is 39.6. The quantitative estimate of drug-likeness (QED) is 0.476. The van der Waals surface area contributed by atoms with E-state index in [1.165, 1.54) is 14.0 Å². The van der Waals surface area contributed by atoms with Crippen LogP contribution in [0.25, 0.3) is 0 Å². The molecule has 0 saturated carbocycles. The molecule has 9 nitrogen and oxygen atoms in total. The Labute approximate surface area is 162 Å². The molecule has 0 radical (unpaired) electrons. The first kappa shape index (κ1) is 20.3. The Hall–Kier alpha value is -2.46. The zero-order valence-electron chi connectivity index (χ0n) is 15.7. The SMILES string of the molecule is CO[C@H]1C(=O)N2[C@@H](C(=O)OCc3ccccc3)[C@](C)(COC(C)=O)S(=O)(=O)[C@@H]12. The van der Waals surface area contributed by atoms with Gasteiger partial charge in [-0.05, 0) is 12.5 Å². The summed E-state index contributed by atoms with van der Waals surface area (Å²) in [6.07, 6.45) is -1.20. The van der Waals surface area contributed by atoms with Crippen molar-refractivity contribution in [3.05, 3.63) is 35.9 Å². The first-order valence-electron chi connectivity index (χ1n) is 8.57. The molecule has 1 aromatic carbocycles. The van der Waals surface area contributed by atoms with Gasteiger partial charge in [0.1, 0.15) is 18.0 Å². The van der Waals surface area contributed by atoms with Crippen molar-refractivity contribution in [1.82, 2.24) is 4.90 Å². The third-order valence-electron chi connectivity index (χ3n) is 5.12. The zero-order chi connectivity index (χ0) is 20.7. The van der Waals surface area contributed by atoms with Crippen molar-refractivity contribution in [2.45, 2.75) is 42.7 Å². The van der Waals surface area contributed by atoms with Crippen LogP contribution in [0.2, 0.25) is 0 Å². The standard InChI is InChI=1S/C18H21NO8S/c1-11(20)27-10-18(2)14(17(22)26-9-12-7-5-4-6-8-12)19-15(21)13(25-3)16(19)28(18,23)24/h4-8,13-14,16H,9-10H2,1-3H3/t13-,14-,16-,18-/m0/s1.